The summed E-state index contributed by atoms with van der Waals surface area (Å²) in [5, 5.41) is 27.9. The zero-order valence-corrected chi connectivity index (χ0v) is 22.1. The molecule has 4 aromatic heterocycles. The van der Waals surface area contributed by atoms with Crippen molar-refractivity contribution in [3.63, 3.8) is 0 Å². The number of nitriles is 1. The van der Waals surface area contributed by atoms with Gasteiger partial charge in [0, 0.05) is 29.3 Å². The van der Waals surface area contributed by atoms with Gasteiger partial charge in [0.25, 0.3) is 0 Å². The van der Waals surface area contributed by atoms with E-state index < -0.39 is 0 Å². The highest BCUT2D eigenvalue weighted by Crippen LogP contribution is 2.33. The largest absolute Gasteiger partial charge is 0.320 e. The molecule has 1 aliphatic heterocycles. The Kier molecular flexibility index (Phi) is 6.01. The van der Waals surface area contributed by atoms with Crippen LogP contribution in [0.15, 0.2) is 55.0 Å². The summed E-state index contributed by atoms with van der Waals surface area (Å²) in [4.78, 5) is 7.09. The van der Waals surface area contributed by atoms with Crippen LogP contribution in [0.5, 0.6) is 0 Å². The maximum Gasteiger partial charge on any atom is 0.247 e. The summed E-state index contributed by atoms with van der Waals surface area (Å²) in [6, 6.07) is 15.6. The molecule has 1 aromatic carbocycles. The van der Waals surface area contributed by atoms with Crippen LogP contribution < -0.4 is 5.32 Å². The first-order chi connectivity index (χ1) is 19.1. The normalized spacial score (nSPS) is 20.9. The molecule has 2 aliphatic rings. The highest BCUT2D eigenvalue weighted by atomic mass is 15.4. The van der Waals surface area contributed by atoms with Gasteiger partial charge in [-0.05, 0) is 82.9 Å². The summed E-state index contributed by atoms with van der Waals surface area (Å²) < 4.78 is 6.06. The number of pyridine rings is 1. The number of anilines is 2. The Labute approximate surface area is 226 Å². The lowest BCUT2D eigenvalue weighted by Gasteiger charge is -2.28. The number of aromatic nitrogens is 7. The molecule has 1 aliphatic carbocycles. The average molecular weight is 521 g/mol. The predicted octanol–water partition coefficient (Wildman–Crippen LogP) is 5.21. The lowest BCUT2D eigenvalue weighted by Crippen LogP contribution is -2.31. The van der Waals surface area contributed by atoms with Crippen LogP contribution in [-0.2, 0) is 0 Å². The molecule has 198 valence electrons. The first-order valence-electron chi connectivity index (χ1n) is 13.9. The molecule has 0 unspecified atom stereocenters. The van der Waals surface area contributed by atoms with E-state index in [1.165, 1.54) is 0 Å². The number of piperidine rings is 1. The summed E-state index contributed by atoms with van der Waals surface area (Å²) in [5.74, 6) is 0.739. The van der Waals surface area contributed by atoms with Crippen molar-refractivity contribution in [2.75, 3.05) is 25.5 Å². The minimum atomic E-state index is 0.190. The van der Waals surface area contributed by atoms with E-state index in [9.17, 15) is 5.26 Å². The summed E-state index contributed by atoms with van der Waals surface area (Å²) >= 11 is 0. The van der Waals surface area contributed by atoms with Crippen LogP contribution in [0.2, 0.25) is 0 Å². The molecular weight excluding hydrogens is 488 g/mol. The SMILES string of the molecule is CN1CCC(n2cc(Nc3nc4cccc(-c5ccc6nn(C7CCC(C#N)CC7)cc6c5)n4n3)cn2)CC1. The first-order valence-corrected chi connectivity index (χ1v) is 13.9. The monoisotopic (exact) mass is 520 g/mol. The van der Waals surface area contributed by atoms with E-state index in [4.69, 9.17) is 15.2 Å². The van der Waals surface area contributed by atoms with Crippen molar-refractivity contribution >= 4 is 28.2 Å². The predicted molar refractivity (Wildman–Crippen MR) is 150 cm³/mol. The fourth-order valence-corrected chi connectivity index (χ4v) is 6.03. The maximum atomic E-state index is 9.22. The van der Waals surface area contributed by atoms with E-state index in [1.54, 1.807) is 0 Å². The topological polar surface area (TPSA) is 105 Å². The fourth-order valence-electron chi connectivity index (χ4n) is 6.03. The minimum Gasteiger partial charge on any atom is -0.320 e. The lowest BCUT2D eigenvalue weighted by atomic mass is 9.87. The van der Waals surface area contributed by atoms with Gasteiger partial charge in [-0.25, -0.2) is 4.52 Å². The van der Waals surface area contributed by atoms with Gasteiger partial charge < -0.3 is 10.2 Å². The third-order valence-electron chi connectivity index (χ3n) is 8.35. The molecule has 0 amide bonds. The van der Waals surface area contributed by atoms with Gasteiger partial charge in [-0.2, -0.15) is 20.4 Å². The summed E-state index contributed by atoms with van der Waals surface area (Å²) in [6.07, 6.45) is 12.2. The van der Waals surface area contributed by atoms with E-state index in [1.807, 2.05) is 22.8 Å². The molecule has 39 heavy (non-hydrogen) atoms. The number of rotatable bonds is 5. The second-order valence-corrected chi connectivity index (χ2v) is 11.0. The highest BCUT2D eigenvalue weighted by Gasteiger charge is 2.23. The highest BCUT2D eigenvalue weighted by molar-refractivity contribution is 5.84. The molecule has 1 N–H and O–H groups in total. The van der Waals surface area contributed by atoms with Crippen LogP contribution in [0, 0.1) is 17.2 Å². The Hall–Kier alpha value is -4.23. The zero-order valence-electron chi connectivity index (χ0n) is 22.1. The Morgan fingerprint density at radius 2 is 1.74 bits per heavy atom. The van der Waals surface area contributed by atoms with Gasteiger partial charge in [0.05, 0.1) is 41.2 Å². The molecule has 7 rings (SSSR count). The van der Waals surface area contributed by atoms with Crippen LogP contribution >= 0.6 is 0 Å². The van der Waals surface area contributed by atoms with Crippen molar-refractivity contribution in [3.8, 4) is 17.3 Å². The van der Waals surface area contributed by atoms with Crippen LogP contribution in [-0.4, -0.2) is 59.2 Å². The maximum absolute atomic E-state index is 9.22. The van der Waals surface area contributed by atoms with Crippen molar-refractivity contribution in [1.82, 2.24) is 39.1 Å². The molecular formula is C29H32N10. The van der Waals surface area contributed by atoms with Gasteiger partial charge in [-0.3, -0.25) is 9.36 Å². The van der Waals surface area contributed by atoms with Crippen molar-refractivity contribution in [3.05, 3.63) is 55.0 Å². The smallest absolute Gasteiger partial charge is 0.247 e. The number of nitrogens with zero attached hydrogens (tertiary/aromatic N) is 9. The number of hydrogen-bond acceptors (Lipinski definition) is 7. The Balaban J connectivity index is 1.12. The van der Waals surface area contributed by atoms with Crippen LogP contribution in [0.25, 0.3) is 27.8 Å². The van der Waals surface area contributed by atoms with Crippen molar-refractivity contribution < 1.29 is 0 Å². The molecule has 0 bridgehead atoms. The summed E-state index contributed by atoms with van der Waals surface area (Å²) in [5.41, 5.74) is 4.69. The van der Waals surface area contributed by atoms with Gasteiger partial charge in [0.2, 0.25) is 5.95 Å². The Morgan fingerprint density at radius 3 is 2.56 bits per heavy atom. The third-order valence-corrected chi connectivity index (χ3v) is 8.35. The number of fused-ring (bicyclic) bond motifs is 2. The quantitative estimate of drug-likeness (QED) is 0.339. The van der Waals surface area contributed by atoms with E-state index in [0.717, 1.165) is 85.1 Å². The molecule has 5 aromatic rings. The lowest BCUT2D eigenvalue weighted by molar-refractivity contribution is 0.212. The molecule has 1 saturated carbocycles. The van der Waals surface area contributed by atoms with E-state index in [-0.39, 0.29) is 5.92 Å². The molecule has 10 nitrogen and oxygen atoms in total. The van der Waals surface area contributed by atoms with Gasteiger partial charge in [-0.15, -0.1) is 5.10 Å². The second-order valence-electron chi connectivity index (χ2n) is 11.0. The standard InChI is InChI=1S/C29H32N10/c1-36-13-11-25(12-14-36)37-19-23(17-31-37)32-29-33-28-4-2-3-27(39(28)35-29)21-7-10-26-22(15-21)18-38(34-26)24-8-5-20(16-30)6-9-24/h2-4,7,10,15,17-20,24-25H,5-6,8-9,11-14H2,1H3,(H,32,35). The number of benzene rings is 1. The van der Waals surface area contributed by atoms with Crippen molar-refractivity contribution in [2.24, 2.45) is 5.92 Å². The van der Waals surface area contributed by atoms with Gasteiger partial charge in [0.15, 0.2) is 5.65 Å². The van der Waals surface area contributed by atoms with Crippen LogP contribution in [0.4, 0.5) is 11.6 Å². The van der Waals surface area contributed by atoms with E-state index in [0.29, 0.717) is 18.0 Å². The molecule has 5 heterocycles. The number of hydrogen-bond donors (Lipinski definition) is 1. The Morgan fingerprint density at radius 1 is 0.923 bits per heavy atom. The molecule has 0 radical (unpaired) electrons. The fraction of sp³-hybridized carbons (Fsp3) is 0.414. The zero-order chi connectivity index (χ0) is 26.3. The minimum absolute atomic E-state index is 0.190. The molecule has 10 heteroatoms. The Bertz CT molecular complexity index is 1650. The number of likely N-dealkylation sites (tertiary alicyclic amines) is 1. The molecule has 1 saturated heterocycles. The first kappa shape index (κ1) is 23.9. The summed E-state index contributed by atoms with van der Waals surface area (Å²) in [6.45, 7) is 2.19. The van der Waals surface area contributed by atoms with Gasteiger partial charge in [-0.1, -0.05) is 12.1 Å². The summed E-state index contributed by atoms with van der Waals surface area (Å²) in [7, 11) is 2.17. The van der Waals surface area contributed by atoms with Crippen molar-refractivity contribution in [2.45, 2.75) is 50.6 Å². The molecule has 0 atom stereocenters. The van der Waals surface area contributed by atoms with E-state index >= 15 is 0 Å². The van der Waals surface area contributed by atoms with Gasteiger partial charge >= 0.3 is 0 Å². The second kappa shape index (κ2) is 9.82. The average Bonchev–Trinajstić information content (AvgIpc) is 3.71. The van der Waals surface area contributed by atoms with Crippen LogP contribution in [0.1, 0.15) is 50.6 Å². The van der Waals surface area contributed by atoms with Crippen molar-refractivity contribution in [1.29, 1.82) is 5.26 Å². The molecule has 0 spiro atoms. The van der Waals surface area contributed by atoms with Gasteiger partial charge in [0.1, 0.15) is 0 Å². The third kappa shape index (κ3) is 4.63. The van der Waals surface area contributed by atoms with Crippen LogP contribution in [0.3, 0.4) is 0 Å². The molecule has 2 fully saturated rings. The number of nitrogens with one attached hydrogen (secondary N) is 1. The van der Waals surface area contributed by atoms with E-state index in [2.05, 4.69) is 74.5 Å².